The van der Waals surface area contributed by atoms with Gasteiger partial charge in [-0.15, -0.1) is 0 Å². The van der Waals surface area contributed by atoms with Crippen molar-refractivity contribution in [2.45, 2.75) is 0 Å². The van der Waals surface area contributed by atoms with Crippen LogP contribution in [0.3, 0.4) is 0 Å². The number of hydrogen-bond donors (Lipinski definition) is 1. The van der Waals surface area contributed by atoms with Crippen molar-refractivity contribution in [2.24, 2.45) is 5.73 Å². The largest absolute Gasteiger partial charge is 0.493 e. The molecule has 2 aromatic carbocycles. The number of hydrogen-bond acceptors (Lipinski definition) is 3. The van der Waals surface area contributed by atoms with Gasteiger partial charge in [0.2, 0.25) is 5.91 Å². The van der Waals surface area contributed by atoms with E-state index in [1.54, 1.807) is 18.2 Å². The van der Waals surface area contributed by atoms with Crippen molar-refractivity contribution in [3.05, 3.63) is 65.7 Å². The molecule has 1 amide bonds. The Labute approximate surface area is 123 Å². The van der Waals surface area contributed by atoms with Crippen molar-refractivity contribution in [3.63, 3.8) is 0 Å². The average molecular weight is 283 g/mol. The van der Waals surface area contributed by atoms with Crippen LogP contribution in [-0.4, -0.2) is 19.6 Å². The summed E-state index contributed by atoms with van der Waals surface area (Å²) in [4.78, 5) is 11.1. The number of nitrogens with two attached hydrogens (primary N) is 1. The van der Waals surface area contributed by atoms with Crippen molar-refractivity contribution in [1.82, 2.24) is 0 Å². The highest BCUT2D eigenvalue weighted by molar-refractivity contribution is 5.93. The SMILES string of the molecule is COc1cc(C(N)=O)ccc1OCC=Cc1ccccc1. The lowest BCUT2D eigenvalue weighted by Gasteiger charge is -2.09. The van der Waals surface area contributed by atoms with Gasteiger partial charge >= 0.3 is 0 Å². The van der Waals surface area contributed by atoms with Gasteiger partial charge in [0.15, 0.2) is 11.5 Å². The highest BCUT2D eigenvalue weighted by Crippen LogP contribution is 2.27. The van der Waals surface area contributed by atoms with E-state index in [1.807, 2.05) is 42.5 Å². The minimum Gasteiger partial charge on any atom is -0.493 e. The normalized spacial score (nSPS) is 10.5. The van der Waals surface area contributed by atoms with E-state index in [4.69, 9.17) is 15.2 Å². The van der Waals surface area contributed by atoms with Crippen LogP contribution in [0.5, 0.6) is 11.5 Å². The van der Waals surface area contributed by atoms with E-state index in [1.165, 1.54) is 7.11 Å². The summed E-state index contributed by atoms with van der Waals surface area (Å²) in [5.74, 6) is 0.559. The van der Waals surface area contributed by atoms with Gasteiger partial charge in [-0.25, -0.2) is 0 Å². The van der Waals surface area contributed by atoms with Crippen LogP contribution >= 0.6 is 0 Å². The Morgan fingerprint density at radius 2 is 1.90 bits per heavy atom. The number of ether oxygens (including phenoxy) is 2. The third-order valence-electron chi connectivity index (χ3n) is 2.89. The van der Waals surface area contributed by atoms with Gasteiger partial charge in [-0.1, -0.05) is 36.4 Å². The van der Waals surface area contributed by atoms with E-state index in [2.05, 4.69) is 0 Å². The predicted octanol–water partition coefficient (Wildman–Crippen LogP) is 2.89. The molecule has 0 radical (unpaired) electrons. The first kappa shape index (κ1) is 14.7. The third kappa shape index (κ3) is 4.11. The van der Waals surface area contributed by atoms with E-state index in [0.717, 1.165) is 5.56 Å². The fourth-order valence-electron chi connectivity index (χ4n) is 1.83. The zero-order chi connectivity index (χ0) is 15.1. The molecule has 0 unspecified atom stereocenters. The molecule has 0 saturated carbocycles. The summed E-state index contributed by atoms with van der Waals surface area (Å²) in [6, 6.07) is 14.8. The van der Waals surface area contributed by atoms with Crippen molar-refractivity contribution >= 4 is 12.0 Å². The number of carbonyl (C=O) groups excluding carboxylic acids is 1. The number of benzene rings is 2. The summed E-state index contributed by atoms with van der Waals surface area (Å²) in [5, 5.41) is 0. The van der Waals surface area contributed by atoms with E-state index >= 15 is 0 Å². The average Bonchev–Trinajstić information content (AvgIpc) is 2.52. The minimum atomic E-state index is -0.496. The summed E-state index contributed by atoms with van der Waals surface area (Å²) in [6.07, 6.45) is 3.89. The second-order valence-electron chi connectivity index (χ2n) is 4.35. The molecule has 0 bridgehead atoms. The summed E-state index contributed by atoms with van der Waals surface area (Å²) in [7, 11) is 1.52. The van der Waals surface area contributed by atoms with Gasteiger partial charge in [0.1, 0.15) is 6.61 Å². The zero-order valence-corrected chi connectivity index (χ0v) is 11.8. The van der Waals surface area contributed by atoms with Crippen LogP contribution in [0.25, 0.3) is 6.08 Å². The molecule has 2 N–H and O–H groups in total. The lowest BCUT2D eigenvalue weighted by molar-refractivity contribution is 0.1000. The predicted molar refractivity (Wildman–Crippen MR) is 82.5 cm³/mol. The van der Waals surface area contributed by atoms with Crippen LogP contribution in [0.1, 0.15) is 15.9 Å². The maximum Gasteiger partial charge on any atom is 0.248 e. The van der Waals surface area contributed by atoms with Gasteiger partial charge in [0, 0.05) is 5.56 Å². The standard InChI is InChI=1S/C17H17NO3/c1-20-16-12-14(17(18)19)9-10-15(16)21-11-5-8-13-6-3-2-4-7-13/h2-10,12H,11H2,1H3,(H2,18,19). The second kappa shape index (κ2) is 7.14. The van der Waals surface area contributed by atoms with Gasteiger partial charge in [0.25, 0.3) is 0 Å². The highest BCUT2D eigenvalue weighted by atomic mass is 16.5. The topological polar surface area (TPSA) is 61.5 Å². The molecule has 0 heterocycles. The molecular formula is C17H17NO3. The van der Waals surface area contributed by atoms with E-state index < -0.39 is 5.91 Å². The number of carbonyl (C=O) groups is 1. The molecule has 0 saturated heterocycles. The Bertz CT molecular complexity index is 636. The van der Waals surface area contributed by atoms with Crippen LogP contribution in [0.15, 0.2) is 54.6 Å². The van der Waals surface area contributed by atoms with Crippen molar-refractivity contribution in [2.75, 3.05) is 13.7 Å². The van der Waals surface area contributed by atoms with Crippen molar-refractivity contribution in [3.8, 4) is 11.5 Å². The van der Waals surface area contributed by atoms with Crippen molar-refractivity contribution < 1.29 is 14.3 Å². The molecule has 0 atom stereocenters. The summed E-state index contributed by atoms with van der Waals surface area (Å²) >= 11 is 0. The number of amides is 1. The third-order valence-corrected chi connectivity index (χ3v) is 2.89. The molecule has 2 rings (SSSR count). The van der Waals surface area contributed by atoms with Crippen LogP contribution < -0.4 is 15.2 Å². The first-order valence-corrected chi connectivity index (χ1v) is 6.53. The van der Waals surface area contributed by atoms with E-state index in [-0.39, 0.29) is 0 Å². The number of methoxy groups -OCH3 is 1. The van der Waals surface area contributed by atoms with Gasteiger partial charge in [-0.2, -0.15) is 0 Å². The van der Waals surface area contributed by atoms with Crippen molar-refractivity contribution in [1.29, 1.82) is 0 Å². The molecule has 21 heavy (non-hydrogen) atoms. The van der Waals surface area contributed by atoms with Gasteiger partial charge in [-0.3, -0.25) is 4.79 Å². The molecule has 4 heteroatoms. The first-order chi connectivity index (χ1) is 10.2. The zero-order valence-electron chi connectivity index (χ0n) is 11.8. The van der Waals surface area contributed by atoms with Crippen LogP contribution in [0.4, 0.5) is 0 Å². The molecular weight excluding hydrogens is 266 g/mol. The second-order valence-corrected chi connectivity index (χ2v) is 4.35. The monoisotopic (exact) mass is 283 g/mol. The molecule has 0 aliphatic carbocycles. The summed E-state index contributed by atoms with van der Waals surface area (Å²) < 4.78 is 10.8. The summed E-state index contributed by atoms with van der Waals surface area (Å²) in [6.45, 7) is 0.404. The lowest BCUT2D eigenvalue weighted by Crippen LogP contribution is -2.11. The van der Waals surface area contributed by atoms with E-state index in [9.17, 15) is 4.79 Å². The first-order valence-electron chi connectivity index (χ1n) is 6.53. The van der Waals surface area contributed by atoms with Crippen LogP contribution in [0.2, 0.25) is 0 Å². The minimum absolute atomic E-state index is 0.388. The van der Waals surface area contributed by atoms with Crippen LogP contribution in [-0.2, 0) is 0 Å². The molecule has 0 aliphatic heterocycles. The molecule has 0 aliphatic rings. The molecule has 0 spiro atoms. The fraction of sp³-hybridized carbons (Fsp3) is 0.118. The Hall–Kier alpha value is -2.75. The molecule has 0 aromatic heterocycles. The lowest BCUT2D eigenvalue weighted by atomic mass is 10.2. The maximum absolute atomic E-state index is 11.1. The smallest absolute Gasteiger partial charge is 0.248 e. The number of primary amides is 1. The van der Waals surface area contributed by atoms with Gasteiger partial charge in [0.05, 0.1) is 7.11 Å². The number of rotatable bonds is 6. The Balaban J connectivity index is 2.00. The Morgan fingerprint density at radius 3 is 2.57 bits per heavy atom. The van der Waals surface area contributed by atoms with E-state index in [0.29, 0.717) is 23.7 Å². The highest BCUT2D eigenvalue weighted by Gasteiger charge is 2.08. The Kier molecular flexibility index (Phi) is 4.99. The van der Waals surface area contributed by atoms with Crippen LogP contribution in [0, 0.1) is 0 Å². The van der Waals surface area contributed by atoms with Gasteiger partial charge < -0.3 is 15.2 Å². The molecule has 2 aromatic rings. The van der Waals surface area contributed by atoms with Gasteiger partial charge in [-0.05, 0) is 29.8 Å². The molecule has 0 fully saturated rings. The quantitative estimate of drug-likeness (QED) is 0.886. The molecule has 4 nitrogen and oxygen atoms in total. The Morgan fingerprint density at radius 1 is 1.14 bits per heavy atom. The molecule has 108 valence electrons. The maximum atomic E-state index is 11.1. The summed E-state index contributed by atoms with van der Waals surface area (Å²) in [5.41, 5.74) is 6.72. The fourth-order valence-corrected chi connectivity index (χ4v) is 1.83.